The molecule has 2 aliphatic heterocycles. The van der Waals surface area contributed by atoms with Gasteiger partial charge in [-0.2, -0.15) is 5.26 Å². The Morgan fingerprint density at radius 2 is 2.04 bits per heavy atom. The molecule has 3 heterocycles. The molecule has 0 aromatic carbocycles. The van der Waals surface area contributed by atoms with Crippen LogP contribution in [0.1, 0.15) is 44.6 Å². The molecule has 1 N–H and O–H groups in total. The van der Waals surface area contributed by atoms with Crippen molar-refractivity contribution in [3.63, 3.8) is 0 Å². The molecule has 24 heavy (non-hydrogen) atoms. The van der Waals surface area contributed by atoms with Crippen LogP contribution in [0.5, 0.6) is 0 Å². The molecule has 0 bridgehead atoms. The van der Waals surface area contributed by atoms with Crippen LogP contribution in [0.25, 0.3) is 0 Å². The molecule has 2 saturated heterocycles. The topological polar surface area (TPSA) is 72.3 Å². The summed E-state index contributed by atoms with van der Waals surface area (Å²) in [6.07, 6.45) is 6.91. The maximum Gasteiger partial charge on any atom is 0.317 e. The first-order chi connectivity index (χ1) is 11.7. The van der Waals surface area contributed by atoms with Crippen molar-refractivity contribution in [3.8, 4) is 6.07 Å². The van der Waals surface area contributed by atoms with Crippen LogP contribution in [0.2, 0.25) is 0 Å². The summed E-state index contributed by atoms with van der Waals surface area (Å²) in [5.74, 6) is 0.906. The number of amides is 2. The van der Waals surface area contributed by atoms with Gasteiger partial charge in [0.1, 0.15) is 11.9 Å². The number of likely N-dealkylation sites (tertiary alicyclic amines) is 1. The zero-order chi connectivity index (χ0) is 16.9. The summed E-state index contributed by atoms with van der Waals surface area (Å²) in [6, 6.07) is 6.46. The number of anilines is 1. The molecule has 0 radical (unpaired) electrons. The molecule has 1 aromatic heterocycles. The van der Waals surface area contributed by atoms with Gasteiger partial charge in [-0.15, -0.1) is 0 Å². The van der Waals surface area contributed by atoms with E-state index in [-0.39, 0.29) is 12.1 Å². The van der Waals surface area contributed by atoms with E-state index in [0.717, 1.165) is 51.1 Å². The lowest BCUT2D eigenvalue weighted by molar-refractivity contribution is 0.153. The fourth-order valence-corrected chi connectivity index (χ4v) is 3.55. The van der Waals surface area contributed by atoms with Crippen molar-refractivity contribution in [2.75, 3.05) is 24.5 Å². The summed E-state index contributed by atoms with van der Waals surface area (Å²) in [6.45, 7) is 4.76. The van der Waals surface area contributed by atoms with Gasteiger partial charge in [-0.25, -0.2) is 9.78 Å². The van der Waals surface area contributed by atoms with Crippen LogP contribution < -0.4 is 10.2 Å². The number of hydrogen-bond donors (Lipinski definition) is 1. The van der Waals surface area contributed by atoms with Gasteiger partial charge < -0.3 is 15.1 Å². The first kappa shape index (κ1) is 16.6. The van der Waals surface area contributed by atoms with Gasteiger partial charge in [0.2, 0.25) is 0 Å². The van der Waals surface area contributed by atoms with Crippen LogP contribution in [-0.2, 0) is 0 Å². The lowest BCUT2D eigenvalue weighted by Crippen LogP contribution is -2.52. The number of piperidine rings is 2. The van der Waals surface area contributed by atoms with Gasteiger partial charge in [0.15, 0.2) is 0 Å². The predicted octanol–water partition coefficient (Wildman–Crippen LogP) is 2.51. The number of carbonyl (C=O) groups excluding carboxylic acids is 1. The second-order valence-electron chi connectivity index (χ2n) is 6.77. The summed E-state index contributed by atoms with van der Waals surface area (Å²) in [7, 11) is 0. The van der Waals surface area contributed by atoms with E-state index in [2.05, 4.69) is 28.2 Å². The molecule has 1 unspecified atom stereocenters. The van der Waals surface area contributed by atoms with Crippen LogP contribution in [0.4, 0.5) is 10.6 Å². The first-order valence-electron chi connectivity index (χ1n) is 8.85. The molecule has 6 heteroatoms. The van der Waals surface area contributed by atoms with Crippen LogP contribution in [0.3, 0.4) is 0 Å². The Kier molecular flexibility index (Phi) is 5.19. The Labute approximate surface area is 143 Å². The van der Waals surface area contributed by atoms with Crippen molar-refractivity contribution in [2.24, 2.45) is 0 Å². The van der Waals surface area contributed by atoms with Crippen molar-refractivity contribution in [2.45, 2.75) is 51.1 Å². The van der Waals surface area contributed by atoms with E-state index in [1.807, 2.05) is 11.0 Å². The second kappa shape index (κ2) is 7.52. The highest BCUT2D eigenvalue weighted by atomic mass is 16.2. The SMILES string of the molecule is CC1CCCCN1C(=O)NC1CCN(c2ccc(C#N)cn2)CC1. The van der Waals surface area contributed by atoms with E-state index >= 15 is 0 Å². The molecule has 1 aromatic rings. The van der Waals surface area contributed by atoms with Gasteiger partial charge in [-0.05, 0) is 51.2 Å². The van der Waals surface area contributed by atoms with Crippen LogP contribution >= 0.6 is 0 Å². The Balaban J connectivity index is 1.49. The molecule has 0 saturated carbocycles. The molecule has 2 aliphatic rings. The Bertz CT molecular complexity index is 601. The lowest BCUT2D eigenvalue weighted by atomic mass is 10.0. The summed E-state index contributed by atoms with van der Waals surface area (Å²) >= 11 is 0. The Morgan fingerprint density at radius 3 is 2.67 bits per heavy atom. The van der Waals surface area contributed by atoms with Crippen LogP contribution in [0, 0.1) is 11.3 Å². The second-order valence-corrected chi connectivity index (χ2v) is 6.77. The average Bonchev–Trinajstić information content (AvgIpc) is 2.63. The van der Waals surface area contributed by atoms with Gasteiger partial charge in [-0.1, -0.05) is 0 Å². The van der Waals surface area contributed by atoms with Crippen molar-refractivity contribution < 1.29 is 4.79 Å². The van der Waals surface area contributed by atoms with Gasteiger partial charge in [0.25, 0.3) is 0 Å². The summed E-state index contributed by atoms with van der Waals surface area (Å²) in [5, 5.41) is 12.0. The minimum atomic E-state index is 0.0946. The third-order valence-corrected chi connectivity index (χ3v) is 5.09. The fourth-order valence-electron chi connectivity index (χ4n) is 3.55. The molecule has 0 spiro atoms. The van der Waals surface area contributed by atoms with Crippen molar-refractivity contribution in [1.29, 1.82) is 5.26 Å². The molecule has 6 nitrogen and oxygen atoms in total. The molecule has 2 amide bonds. The van der Waals surface area contributed by atoms with Crippen molar-refractivity contribution in [1.82, 2.24) is 15.2 Å². The quantitative estimate of drug-likeness (QED) is 0.906. The number of nitrogens with one attached hydrogen (secondary N) is 1. The fraction of sp³-hybridized carbons (Fsp3) is 0.611. The van der Waals surface area contributed by atoms with Gasteiger partial charge in [-0.3, -0.25) is 0 Å². The van der Waals surface area contributed by atoms with E-state index in [4.69, 9.17) is 5.26 Å². The van der Waals surface area contributed by atoms with E-state index in [9.17, 15) is 4.79 Å². The highest BCUT2D eigenvalue weighted by Gasteiger charge is 2.27. The summed E-state index contributed by atoms with van der Waals surface area (Å²) in [4.78, 5) is 21.0. The smallest absolute Gasteiger partial charge is 0.317 e. The van der Waals surface area contributed by atoms with Crippen LogP contribution in [-0.4, -0.2) is 47.6 Å². The third kappa shape index (κ3) is 3.78. The molecular weight excluding hydrogens is 302 g/mol. The van der Waals surface area contributed by atoms with Crippen molar-refractivity contribution in [3.05, 3.63) is 23.9 Å². The minimum absolute atomic E-state index is 0.0946. The number of nitriles is 1. The highest BCUT2D eigenvalue weighted by molar-refractivity contribution is 5.75. The summed E-state index contributed by atoms with van der Waals surface area (Å²) < 4.78 is 0. The number of carbonyl (C=O) groups is 1. The van der Waals surface area contributed by atoms with Gasteiger partial charge in [0.05, 0.1) is 5.56 Å². The number of aromatic nitrogens is 1. The predicted molar refractivity (Wildman–Crippen MR) is 92.7 cm³/mol. The lowest BCUT2D eigenvalue weighted by Gasteiger charge is -2.37. The largest absolute Gasteiger partial charge is 0.356 e. The van der Waals surface area contributed by atoms with E-state index < -0.39 is 0 Å². The monoisotopic (exact) mass is 327 g/mol. The first-order valence-corrected chi connectivity index (χ1v) is 8.85. The van der Waals surface area contributed by atoms with Gasteiger partial charge in [0, 0.05) is 37.9 Å². The Hall–Kier alpha value is -2.29. The van der Waals surface area contributed by atoms with E-state index in [1.165, 1.54) is 6.42 Å². The Morgan fingerprint density at radius 1 is 1.25 bits per heavy atom. The molecule has 3 rings (SSSR count). The van der Waals surface area contributed by atoms with Crippen molar-refractivity contribution >= 4 is 11.8 Å². The summed E-state index contributed by atoms with van der Waals surface area (Å²) in [5.41, 5.74) is 0.580. The molecule has 1 atom stereocenters. The van der Waals surface area contributed by atoms with Gasteiger partial charge >= 0.3 is 6.03 Å². The van der Waals surface area contributed by atoms with E-state index in [1.54, 1.807) is 12.3 Å². The zero-order valence-corrected chi connectivity index (χ0v) is 14.2. The standard InChI is InChI=1S/C18H25N5O/c1-14-4-2-3-9-23(14)18(24)21-16-7-10-22(11-8-16)17-6-5-15(12-19)13-20-17/h5-6,13-14,16H,2-4,7-11H2,1H3,(H,21,24). The number of pyridine rings is 1. The van der Waals surface area contributed by atoms with Crippen LogP contribution in [0.15, 0.2) is 18.3 Å². The maximum absolute atomic E-state index is 12.5. The molecular formula is C18H25N5O. The maximum atomic E-state index is 12.5. The number of rotatable bonds is 2. The highest BCUT2D eigenvalue weighted by Crippen LogP contribution is 2.20. The molecule has 128 valence electrons. The molecule has 2 fully saturated rings. The zero-order valence-electron chi connectivity index (χ0n) is 14.2. The normalized spacial score (nSPS) is 22.1. The number of nitrogens with zero attached hydrogens (tertiary/aromatic N) is 4. The molecule has 0 aliphatic carbocycles. The third-order valence-electron chi connectivity index (χ3n) is 5.09. The van der Waals surface area contributed by atoms with E-state index in [0.29, 0.717) is 11.6 Å². The minimum Gasteiger partial charge on any atom is -0.356 e. The number of urea groups is 1. The average molecular weight is 327 g/mol. The number of hydrogen-bond acceptors (Lipinski definition) is 4.